The highest BCUT2D eigenvalue weighted by molar-refractivity contribution is 6.37. The number of rotatable bonds is 4. The molecule has 0 aliphatic heterocycles. The van der Waals surface area contributed by atoms with Crippen molar-refractivity contribution >= 4 is 46.4 Å². The summed E-state index contributed by atoms with van der Waals surface area (Å²) in [5.41, 5.74) is 1.49. The predicted octanol–water partition coefficient (Wildman–Crippen LogP) is 5.64. The van der Waals surface area contributed by atoms with Gasteiger partial charge in [-0.1, -0.05) is 29.3 Å². The zero-order chi connectivity index (χ0) is 19.4. The van der Waals surface area contributed by atoms with Gasteiger partial charge in [0.15, 0.2) is 0 Å². The average Bonchev–Trinajstić information content (AvgIpc) is 2.63. The molecule has 0 radical (unpaired) electrons. The number of hydrogen-bond donors (Lipinski definition) is 2. The highest BCUT2D eigenvalue weighted by atomic mass is 35.5. The molecule has 3 aromatic carbocycles. The van der Waals surface area contributed by atoms with E-state index >= 15 is 0 Å². The number of benzene rings is 3. The lowest BCUT2D eigenvalue weighted by molar-refractivity contribution is 0.101. The van der Waals surface area contributed by atoms with E-state index in [4.69, 9.17) is 23.2 Å². The minimum Gasteiger partial charge on any atom is -0.322 e. The van der Waals surface area contributed by atoms with Gasteiger partial charge in [0.1, 0.15) is 5.82 Å². The quantitative estimate of drug-likeness (QED) is 0.593. The minimum absolute atomic E-state index is 0.227. The van der Waals surface area contributed by atoms with Crippen molar-refractivity contribution in [1.29, 1.82) is 0 Å². The summed E-state index contributed by atoms with van der Waals surface area (Å²) < 4.78 is 12.9. The molecule has 0 unspecified atom stereocenters. The van der Waals surface area contributed by atoms with E-state index in [1.165, 1.54) is 42.5 Å². The molecular formula is C20H13Cl2FN2O2. The summed E-state index contributed by atoms with van der Waals surface area (Å²) in [5, 5.41) is 6.00. The molecule has 7 heteroatoms. The molecule has 136 valence electrons. The van der Waals surface area contributed by atoms with Crippen LogP contribution in [0.3, 0.4) is 0 Å². The van der Waals surface area contributed by atoms with Crippen LogP contribution in [0.2, 0.25) is 10.0 Å². The Morgan fingerprint density at radius 3 is 2.19 bits per heavy atom. The van der Waals surface area contributed by atoms with Crippen LogP contribution in [-0.4, -0.2) is 11.8 Å². The van der Waals surface area contributed by atoms with Gasteiger partial charge < -0.3 is 10.6 Å². The van der Waals surface area contributed by atoms with Crippen LogP contribution in [0.5, 0.6) is 0 Å². The van der Waals surface area contributed by atoms with E-state index in [1.807, 2.05) is 0 Å². The number of nitrogens with one attached hydrogen (secondary N) is 2. The Morgan fingerprint density at radius 2 is 1.48 bits per heavy atom. The summed E-state index contributed by atoms with van der Waals surface area (Å²) in [6.07, 6.45) is 0. The largest absolute Gasteiger partial charge is 0.322 e. The van der Waals surface area contributed by atoms with Crippen LogP contribution in [0, 0.1) is 5.82 Å². The number of anilines is 2. The van der Waals surface area contributed by atoms with Gasteiger partial charge in [-0.2, -0.15) is 0 Å². The smallest absolute Gasteiger partial charge is 0.257 e. The zero-order valence-electron chi connectivity index (χ0n) is 13.8. The van der Waals surface area contributed by atoms with E-state index in [-0.39, 0.29) is 16.5 Å². The standard InChI is InChI=1S/C20H13Cl2FN2O2/c21-13-4-9-17(18(22)11-13)20(27)25-16-3-1-2-12(10-16)19(26)24-15-7-5-14(23)6-8-15/h1-11H,(H,24,26)(H,25,27). The first-order valence-corrected chi connectivity index (χ1v) is 8.61. The number of carbonyl (C=O) groups is 2. The number of hydrogen-bond acceptors (Lipinski definition) is 2. The van der Waals surface area contributed by atoms with Crippen molar-refractivity contribution in [1.82, 2.24) is 0 Å². The first-order valence-electron chi connectivity index (χ1n) is 7.86. The second kappa shape index (κ2) is 8.20. The molecule has 27 heavy (non-hydrogen) atoms. The molecule has 0 heterocycles. The predicted molar refractivity (Wildman–Crippen MR) is 105 cm³/mol. The van der Waals surface area contributed by atoms with Crippen LogP contribution in [0.1, 0.15) is 20.7 Å². The fourth-order valence-corrected chi connectivity index (χ4v) is 2.84. The lowest BCUT2D eigenvalue weighted by atomic mass is 10.1. The molecule has 2 amide bonds. The van der Waals surface area contributed by atoms with Crippen molar-refractivity contribution in [3.8, 4) is 0 Å². The van der Waals surface area contributed by atoms with Crippen molar-refractivity contribution in [3.05, 3.63) is 93.7 Å². The van der Waals surface area contributed by atoms with E-state index in [0.717, 1.165) is 0 Å². The van der Waals surface area contributed by atoms with E-state index in [2.05, 4.69) is 10.6 Å². The molecule has 0 saturated heterocycles. The van der Waals surface area contributed by atoms with Gasteiger partial charge in [-0.05, 0) is 60.7 Å². The molecular weight excluding hydrogens is 390 g/mol. The van der Waals surface area contributed by atoms with E-state index in [9.17, 15) is 14.0 Å². The SMILES string of the molecule is O=C(Nc1ccc(F)cc1)c1cccc(NC(=O)c2ccc(Cl)cc2Cl)c1. The van der Waals surface area contributed by atoms with Crippen LogP contribution in [-0.2, 0) is 0 Å². The van der Waals surface area contributed by atoms with Crippen molar-refractivity contribution in [2.75, 3.05) is 10.6 Å². The summed E-state index contributed by atoms with van der Waals surface area (Å²) >= 11 is 11.9. The normalized spacial score (nSPS) is 10.3. The summed E-state index contributed by atoms with van der Waals surface area (Å²) in [7, 11) is 0. The second-order valence-electron chi connectivity index (χ2n) is 5.62. The molecule has 0 spiro atoms. The zero-order valence-corrected chi connectivity index (χ0v) is 15.3. The van der Waals surface area contributed by atoms with Gasteiger partial charge >= 0.3 is 0 Å². The molecule has 4 nitrogen and oxygen atoms in total. The maximum Gasteiger partial charge on any atom is 0.257 e. The van der Waals surface area contributed by atoms with Gasteiger partial charge in [0.05, 0.1) is 10.6 Å². The summed E-state index contributed by atoms with van der Waals surface area (Å²) in [6.45, 7) is 0. The fourth-order valence-electron chi connectivity index (χ4n) is 2.35. The van der Waals surface area contributed by atoms with Crippen LogP contribution in [0.15, 0.2) is 66.7 Å². The summed E-state index contributed by atoms with van der Waals surface area (Å²) in [4.78, 5) is 24.7. The van der Waals surface area contributed by atoms with Gasteiger partial charge in [-0.15, -0.1) is 0 Å². The van der Waals surface area contributed by atoms with E-state index < -0.39 is 11.7 Å². The van der Waals surface area contributed by atoms with Crippen LogP contribution in [0.25, 0.3) is 0 Å². The average molecular weight is 403 g/mol. The Hall–Kier alpha value is -2.89. The molecule has 0 bridgehead atoms. The topological polar surface area (TPSA) is 58.2 Å². The lowest BCUT2D eigenvalue weighted by Crippen LogP contribution is -2.15. The first-order chi connectivity index (χ1) is 12.9. The fraction of sp³-hybridized carbons (Fsp3) is 0. The van der Waals surface area contributed by atoms with Crippen molar-refractivity contribution in [2.24, 2.45) is 0 Å². The van der Waals surface area contributed by atoms with Crippen molar-refractivity contribution < 1.29 is 14.0 Å². The lowest BCUT2D eigenvalue weighted by Gasteiger charge is -2.09. The molecule has 0 fully saturated rings. The highest BCUT2D eigenvalue weighted by Gasteiger charge is 2.12. The van der Waals surface area contributed by atoms with Crippen LogP contribution < -0.4 is 10.6 Å². The van der Waals surface area contributed by atoms with Gasteiger partial charge in [-0.25, -0.2) is 4.39 Å². The number of carbonyl (C=O) groups excluding carboxylic acids is 2. The Kier molecular flexibility index (Phi) is 5.74. The third-order valence-corrected chi connectivity index (χ3v) is 4.21. The summed E-state index contributed by atoms with van der Waals surface area (Å²) in [6, 6.07) is 16.4. The maximum absolute atomic E-state index is 12.9. The van der Waals surface area contributed by atoms with E-state index in [1.54, 1.807) is 24.3 Å². The Morgan fingerprint density at radius 1 is 0.778 bits per heavy atom. The third kappa shape index (κ3) is 4.84. The molecule has 0 atom stereocenters. The Balaban J connectivity index is 1.73. The van der Waals surface area contributed by atoms with Crippen molar-refractivity contribution in [3.63, 3.8) is 0 Å². The third-order valence-electron chi connectivity index (χ3n) is 3.66. The molecule has 2 N–H and O–H groups in total. The molecule has 0 aromatic heterocycles. The van der Waals surface area contributed by atoms with Gasteiger partial charge in [0, 0.05) is 22.0 Å². The van der Waals surface area contributed by atoms with Gasteiger partial charge in [0.25, 0.3) is 11.8 Å². The Bertz CT molecular complexity index is 1010. The second-order valence-corrected chi connectivity index (χ2v) is 6.46. The number of halogens is 3. The van der Waals surface area contributed by atoms with Crippen LogP contribution >= 0.6 is 23.2 Å². The van der Waals surface area contributed by atoms with E-state index in [0.29, 0.717) is 22.0 Å². The molecule has 3 rings (SSSR count). The van der Waals surface area contributed by atoms with Crippen molar-refractivity contribution in [2.45, 2.75) is 0 Å². The monoisotopic (exact) mass is 402 g/mol. The molecule has 0 saturated carbocycles. The van der Waals surface area contributed by atoms with Crippen LogP contribution in [0.4, 0.5) is 15.8 Å². The molecule has 3 aromatic rings. The molecule has 0 aliphatic carbocycles. The minimum atomic E-state index is -0.423. The first kappa shape index (κ1) is 18.9. The van der Waals surface area contributed by atoms with Gasteiger partial charge in [0.2, 0.25) is 0 Å². The molecule has 0 aliphatic rings. The summed E-state index contributed by atoms with van der Waals surface area (Å²) in [5.74, 6) is -1.20. The maximum atomic E-state index is 12.9. The highest BCUT2D eigenvalue weighted by Crippen LogP contribution is 2.22. The Labute approximate surface area is 164 Å². The number of amides is 2. The van der Waals surface area contributed by atoms with Gasteiger partial charge in [-0.3, -0.25) is 9.59 Å².